The lowest BCUT2D eigenvalue weighted by molar-refractivity contribution is 0.264. The van der Waals surface area contributed by atoms with Gasteiger partial charge >= 0.3 is 0 Å². The molecule has 1 unspecified atom stereocenters. The summed E-state index contributed by atoms with van der Waals surface area (Å²) in [5.74, 6) is 0.0739. The molecule has 1 atom stereocenters. The zero-order valence-corrected chi connectivity index (χ0v) is 11.1. The van der Waals surface area contributed by atoms with Gasteiger partial charge in [-0.25, -0.2) is 0 Å². The van der Waals surface area contributed by atoms with Crippen molar-refractivity contribution in [3.05, 3.63) is 64.4 Å². The number of halogens is 1. The number of aromatic nitrogens is 1. The molecular formula is C15H16ClNO. The highest BCUT2D eigenvalue weighted by molar-refractivity contribution is 6.31. The summed E-state index contributed by atoms with van der Waals surface area (Å²) in [6.07, 6.45) is 4.09. The van der Waals surface area contributed by atoms with Crippen LogP contribution in [0.25, 0.3) is 0 Å². The Bertz CT molecular complexity index is 527. The van der Waals surface area contributed by atoms with E-state index in [4.69, 9.17) is 11.6 Å². The molecule has 94 valence electrons. The normalized spacial score (nSPS) is 12.4. The molecule has 0 aliphatic rings. The second kappa shape index (κ2) is 5.98. The van der Waals surface area contributed by atoms with Crippen LogP contribution in [0.1, 0.15) is 22.6 Å². The van der Waals surface area contributed by atoms with E-state index in [1.807, 2.05) is 18.2 Å². The van der Waals surface area contributed by atoms with Crippen LogP contribution in [0.3, 0.4) is 0 Å². The van der Waals surface area contributed by atoms with Crippen LogP contribution in [0.5, 0.6) is 0 Å². The van der Waals surface area contributed by atoms with Gasteiger partial charge in [0, 0.05) is 18.3 Å². The molecule has 0 aliphatic heterocycles. The van der Waals surface area contributed by atoms with E-state index >= 15 is 0 Å². The first-order chi connectivity index (χ1) is 8.70. The molecule has 1 heterocycles. The van der Waals surface area contributed by atoms with Gasteiger partial charge < -0.3 is 5.11 Å². The van der Waals surface area contributed by atoms with E-state index in [9.17, 15) is 5.11 Å². The minimum absolute atomic E-state index is 0.0739. The Morgan fingerprint density at radius 3 is 2.83 bits per heavy atom. The van der Waals surface area contributed by atoms with Crippen LogP contribution < -0.4 is 0 Å². The molecule has 0 spiro atoms. The van der Waals surface area contributed by atoms with E-state index in [-0.39, 0.29) is 12.5 Å². The SMILES string of the molecule is Cc1cccc(C(CO)Cc2ccncc2Cl)c1. The zero-order valence-electron chi connectivity index (χ0n) is 10.3. The molecule has 0 aliphatic carbocycles. The first kappa shape index (κ1) is 13.1. The van der Waals surface area contributed by atoms with E-state index in [1.165, 1.54) is 5.56 Å². The molecular weight excluding hydrogens is 246 g/mol. The molecule has 2 aromatic rings. The van der Waals surface area contributed by atoms with Crippen LogP contribution in [0.4, 0.5) is 0 Å². The van der Waals surface area contributed by atoms with Gasteiger partial charge in [-0.1, -0.05) is 41.4 Å². The summed E-state index contributed by atoms with van der Waals surface area (Å²) < 4.78 is 0. The predicted octanol–water partition coefficient (Wildman–Crippen LogP) is 3.36. The van der Waals surface area contributed by atoms with Gasteiger partial charge in [0.15, 0.2) is 0 Å². The molecule has 2 nitrogen and oxygen atoms in total. The van der Waals surface area contributed by atoms with Crippen molar-refractivity contribution in [2.75, 3.05) is 6.61 Å². The third-order valence-electron chi connectivity index (χ3n) is 3.06. The van der Waals surface area contributed by atoms with Crippen LogP contribution in [0.15, 0.2) is 42.7 Å². The van der Waals surface area contributed by atoms with Crippen molar-refractivity contribution in [2.24, 2.45) is 0 Å². The molecule has 0 amide bonds. The molecule has 1 N–H and O–H groups in total. The second-order valence-electron chi connectivity index (χ2n) is 4.46. The maximum atomic E-state index is 9.56. The number of benzene rings is 1. The van der Waals surface area contributed by atoms with Gasteiger partial charge in [0.05, 0.1) is 11.6 Å². The standard InChI is InChI=1S/C15H16ClNO/c1-11-3-2-4-12(7-11)14(10-18)8-13-5-6-17-9-15(13)16/h2-7,9,14,18H,8,10H2,1H3. The van der Waals surface area contributed by atoms with Gasteiger partial charge in [-0.05, 0) is 30.5 Å². The lowest BCUT2D eigenvalue weighted by Crippen LogP contribution is -2.08. The molecule has 3 heteroatoms. The molecule has 0 radical (unpaired) electrons. The fourth-order valence-corrected chi connectivity index (χ4v) is 2.24. The number of pyridine rings is 1. The van der Waals surface area contributed by atoms with Crippen molar-refractivity contribution in [3.8, 4) is 0 Å². The van der Waals surface area contributed by atoms with Gasteiger partial charge in [0.1, 0.15) is 0 Å². The Kier molecular flexibility index (Phi) is 4.34. The largest absolute Gasteiger partial charge is 0.396 e. The van der Waals surface area contributed by atoms with Gasteiger partial charge in [0.25, 0.3) is 0 Å². The fraction of sp³-hybridized carbons (Fsp3) is 0.267. The molecule has 0 saturated heterocycles. The van der Waals surface area contributed by atoms with Crippen molar-refractivity contribution >= 4 is 11.6 Å². The van der Waals surface area contributed by atoms with Gasteiger partial charge in [0.2, 0.25) is 0 Å². The quantitative estimate of drug-likeness (QED) is 0.916. The molecule has 18 heavy (non-hydrogen) atoms. The number of hydrogen-bond donors (Lipinski definition) is 1. The number of aliphatic hydroxyl groups is 1. The van der Waals surface area contributed by atoms with E-state index in [0.29, 0.717) is 5.02 Å². The summed E-state index contributed by atoms with van der Waals surface area (Å²) in [5, 5.41) is 10.2. The van der Waals surface area contributed by atoms with E-state index < -0.39 is 0 Å². The number of nitrogens with zero attached hydrogens (tertiary/aromatic N) is 1. The maximum Gasteiger partial charge on any atom is 0.0621 e. The second-order valence-corrected chi connectivity index (χ2v) is 4.87. The summed E-state index contributed by atoms with van der Waals surface area (Å²) in [5.41, 5.74) is 3.37. The molecule has 0 saturated carbocycles. The number of aryl methyl sites for hydroxylation is 1. The molecule has 2 rings (SSSR count). The first-order valence-electron chi connectivity index (χ1n) is 5.96. The van der Waals surface area contributed by atoms with Crippen molar-refractivity contribution in [2.45, 2.75) is 19.3 Å². The zero-order chi connectivity index (χ0) is 13.0. The van der Waals surface area contributed by atoms with Crippen LogP contribution in [-0.4, -0.2) is 16.7 Å². The maximum absolute atomic E-state index is 9.56. The summed E-state index contributed by atoms with van der Waals surface area (Å²) in [6.45, 7) is 2.17. The Labute approximate surface area is 112 Å². The highest BCUT2D eigenvalue weighted by atomic mass is 35.5. The van der Waals surface area contributed by atoms with Crippen molar-refractivity contribution in [1.82, 2.24) is 4.98 Å². The summed E-state index contributed by atoms with van der Waals surface area (Å²) in [4.78, 5) is 3.97. The number of rotatable bonds is 4. The smallest absolute Gasteiger partial charge is 0.0621 e. The third-order valence-corrected chi connectivity index (χ3v) is 3.40. The summed E-state index contributed by atoms with van der Waals surface area (Å²) in [7, 11) is 0. The fourth-order valence-electron chi connectivity index (χ4n) is 2.05. The van der Waals surface area contributed by atoms with Crippen molar-refractivity contribution in [3.63, 3.8) is 0 Å². The average molecular weight is 262 g/mol. The minimum atomic E-state index is 0.0739. The molecule has 0 bridgehead atoms. The van der Waals surface area contributed by atoms with Crippen molar-refractivity contribution < 1.29 is 5.11 Å². The first-order valence-corrected chi connectivity index (χ1v) is 6.34. The predicted molar refractivity (Wildman–Crippen MR) is 74.0 cm³/mol. The Balaban J connectivity index is 2.23. The van der Waals surface area contributed by atoms with Gasteiger partial charge in [-0.15, -0.1) is 0 Å². The average Bonchev–Trinajstić information content (AvgIpc) is 2.38. The third kappa shape index (κ3) is 3.09. The Morgan fingerprint density at radius 1 is 1.33 bits per heavy atom. The van der Waals surface area contributed by atoms with E-state index in [2.05, 4.69) is 24.0 Å². The number of hydrogen-bond acceptors (Lipinski definition) is 2. The molecule has 0 fully saturated rings. The summed E-state index contributed by atoms with van der Waals surface area (Å²) >= 11 is 6.10. The van der Waals surface area contributed by atoms with E-state index in [0.717, 1.165) is 17.5 Å². The van der Waals surface area contributed by atoms with Crippen LogP contribution in [0, 0.1) is 6.92 Å². The van der Waals surface area contributed by atoms with Gasteiger partial charge in [-0.2, -0.15) is 0 Å². The number of aliphatic hydroxyl groups excluding tert-OH is 1. The van der Waals surface area contributed by atoms with Crippen LogP contribution >= 0.6 is 11.6 Å². The highest BCUT2D eigenvalue weighted by Crippen LogP contribution is 2.24. The Morgan fingerprint density at radius 2 is 2.17 bits per heavy atom. The lowest BCUT2D eigenvalue weighted by atomic mass is 9.92. The Hall–Kier alpha value is -1.38. The summed E-state index contributed by atoms with van der Waals surface area (Å²) in [6, 6.07) is 10.1. The van der Waals surface area contributed by atoms with Gasteiger partial charge in [-0.3, -0.25) is 4.98 Å². The monoisotopic (exact) mass is 261 g/mol. The molecule has 1 aromatic heterocycles. The van der Waals surface area contributed by atoms with Crippen LogP contribution in [0.2, 0.25) is 5.02 Å². The van der Waals surface area contributed by atoms with E-state index in [1.54, 1.807) is 12.4 Å². The van der Waals surface area contributed by atoms with Crippen LogP contribution in [-0.2, 0) is 6.42 Å². The lowest BCUT2D eigenvalue weighted by Gasteiger charge is -2.16. The minimum Gasteiger partial charge on any atom is -0.396 e. The topological polar surface area (TPSA) is 33.1 Å². The highest BCUT2D eigenvalue weighted by Gasteiger charge is 2.13. The molecule has 1 aromatic carbocycles. The van der Waals surface area contributed by atoms with Crippen molar-refractivity contribution in [1.29, 1.82) is 0 Å².